The number of nitro benzene ring substituents is 1. The van der Waals surface area contributed by atoms with Gasteiger partial charge in [-0.1, -0.05) is 0 Å². The van der Waals surface area contributed by atoms with E-state index < -0.39 is 33.8 Å². The minimum atomic E-state index is -1.33. The van der Waals surface area contributed by atoms with Gasteiger partial charge in [-0.2, -0.15) is 4.39 Å². The number of methoxy groups -OCH3 is 1. The molecule has 1 aromatic heterocycles. The van der Waals surface area contributed by atoms with E-state index in [4.69, 9.17) is 0 Å². The summed E-state index contributed by atoms with van der Waals surface area (Å²) < 4.78 is 32.4. The molecule has 0 atom stereocenters. The van der Waals surface area contributed by atoms with Crippen molar-refractivity contribution in [2.75, 3.05) is 7.11 Å². The lowest BCUT2D eigenvalue weighted by Gasteiger charge is -2.01. The van der Waals surface area contributed by atoms with E-state index in [0.717, 1.165) is 30.6 Å². The van der Waals surface area contributed by atoms with Gasteiger partial charge in [0.15, 0.2) is 5.69 Å². The third kappa shape index (κ3) is 2.59. The molecule has 2 aromatic rings. The summed E-state index contributed by atoms with van der Waals surface area (Å²) in [5.74, 6) is -3.07. The monoisotopic (exact) mass is 314 g/mol. The average Bonchev–Trinajstić information content (AvgIpc) is 2.79. The van der Waals surface area contributed by atoms with Gasteiger partial charge in [-0.05, 0) is 13.0 Å². The van der Waals surface area contributed by atoms with E-state index >= 15 is 0 Å². The number of halogens is 2. The second kappa shape index (κ2) is 5.52. The molecule has 0 bridgehead atoms. The van der Waals surface area contributed by atoms with Crippen molar-refractivity contribution < 1.29 is 23.2 Å². The largest absolute Gasteiger partial charge is 0.464 e. The van der Waals surface area contributed by atoms with Crippen LogP contribution in [-0.2, 0) is 4.74 Å². The standard InChI is InChI=1S/C12H8F2N2O4S/c1-5-10(12(17)20-2)15-11(21-5)8-6(13)3-4-7(9(8)14)16(18)19/h3-4H,1-2H3. The van der Waals surface area contributed by atoms with Crippen molar-refractivity contribution in [3.8, 4) is 10.6 Å². The van der Waals surface area contributed by atoms with E-state index in [1.807, 2.05) is 0 Å². The van der Waals surface area contributed by atoms with Crippen LogP contribution < -0.4 is 0 Å². The predicted molar refractivity (Wildman–Crippen MR) is 70.2 cm³/mol. The van der Waals surface area contributed by atoms with Crippen molar-refractivity contribution in [3.63, 3.8) is 0 Å². The number of rotatable bonds is 3. The van der Waals surface area contributed by atoms with Crippen molar-refractivity contribution in [3.05, 3.63) is 44.5 Å². The Kier molecular flexibility index (Phi) is 3.94. The number of ether oxygens (including phenoxy) is 1. The minimum Gasteiger partial charge on any atom is -0.464 e. The Morgan fingerprint density at radius 2 is 2.10 bits per heavy atom. The fourth-order valence-electron chi connectivity index (χ4n) is 1.67. The average molecular weight is 314 g/mol. The summed E-state index contributed by atoms with van der Waals surface area (Å²) in [5.41, 5.74) is -1.57. The van der Waals surface area contributed by atoms with E-state index in [1.54, 1.807) is 0 Å². The van der Waals surface area contributed by atoms with Gasteiger partial charge < -0.3 is 4.74 Å². The highest BCUT2D eigenvalue weighted by Crippen LogP contribution is 2.35. The van der Waals surface area contributed by atoms with Crippen LogP contribution in [0.3, 0.4) is 0 Å². The zero-order valence-corrected chi connectivity index (χ0v) is 11.7. The molecule has 0 fully saturated rings. The topological polar surface area (TPSA) is 82.3 Å². The summed E-state index contributed by atoms with van der Waals surface area (Å²) >= 11 is 0.845. The number of aryl methyl sites for hydroxylation is 1. The Balaban J connectivity index is 2.65. The smallest absolute Gasteiger partial charge is 0.357 e. The number of hydrogen-bond donors (Lipinski definition) is 0. The van der Waals surface area contributed by atoms with E-state index in [-0.39, 0.29) is 10.7 Å². The van der Waals surface area contributed by atoms with Gasteiger partial charge in [0, 0.05) is 10.9 Å². The summed E-state index contributed by atoms with van der Waals surface area (Å²) in [6.45, 7) is 1.53. The van der Waals surface area contributed by atoms with Crippen molar-refractivity contribution in [1.82, 2.24) is 4.98 Å². The van der Waals surface area contributed by atoms with Gasteiger partial charge >= 0.3 is 11.7 Å². The van der Waals surface area contributed by atoms with E-state index in [1.165, 1.54) is 6.92 Å². The van der Waals surface area contributed by atoms with Gasteiger partial charge in [0.1, 0.15) is 10.8 Å². The zero-order valence-electron chi connectivity index (χ0n) is 10.8. The lowest BCUT2D eigenvalue weighted by Crippen LogP contribution is -2.03. The molecule has 1 aromatic carbocycles. The zero-order chi connectivity index (χ0) is 15.7. The number of carbonyl (C=O) groups excluding carboxylic acids is 1. The maximum Gasteiger partial charge on any atom is 0.357 e. The number of thiazole rings is 1. The van der Waals surface area contributed by atoms with Gasteiger partial charge in [-0.15, -0.1) is 11.3 Å². The first-order chi connectivity index (χ1) is 9.86. The molecule has 0 amide bonds. The number of nitrogens with zero attached hydrogens (tertiary/aromatic N) is 2. The van der Waals surface area contributed by atoms with Crippen LogP contribution in [0.4, 0.5) is 14.5 Å². The molecule has 6 nitrogen and oxygen atoms in total. The number of hydrogen-bond acceptors (Lipinski definition) is 6. The Labute approximate surface area is 121 Å². The molecule has 0 aliphatic carbocycles. The van der Waals surface area contributed by atoms with Gasteiger partial charge in [0.2, 0.25) is 5.82 Å². The second-order valence-corrected chi connectivity index (χ2v) is 5.13. The Hall–Kier alpha value is -2.42. The first-order valence-corrected chi connectivity index (χ1v) is 6.37. The van der Waals surface area contributed by atoms with Crippen LogP contribution in [-0.4, -0.2) is 23.0 Å². The fourth-order valence-corrected chi connectivity index (χ4v) is 2.61. The van der Waals surface area contributed by atoms with E-state index in [9.17, 15) is 23.7 Å². The molecule has 2 rings (SSSR count). The third-order valence-corrected chi connectivity index (χ3v) is 3.64. The highest BCUT2D eigenvalue weighted by atomic mass is 32.1. The second-order valence-electron chi connectivity index (χ2n) is 3.93. The van der Waals surface area contributed by atoms with Crippen LogP contribution in [0, 0.1) is 28.7 Å². The molecule has 0 unspecified atom stereocenters. The van der Waals surface area contributed by atoms with E-state index in [2.05, 4.69) is 9.72 Å². The van der Waals surface area contributed by atoms with Gasteiger partial charge in [-0.3, -0.25) is 10.1 Å². The normalized spacial score (nSPS) is 10.5. The molecule has 9 heteroatoms. The number of nitro groups is 1. The first-order valence-electron chi connectivity index (χ1n) is 5.55. The third-order valence-electron chi connectivity index (χ3n) is 2.66. The molecule has 1 heterocycles. The first kappa shape index (κ1) is 15.0. The Bertz CT molecular complexity index is 745. The van der Waals surface area contributed by atoms with Crippen LogP contribution in [0.5, 0.6) is 0 Å². The van der Waals surface area contributed by atoms with Crippen molar-refractivity contribution in [2.45, 2.75) is 6.92 Å². The lowest BCUT2D eigenvalue weighted by molar-refractivity contribution is -0.387. The summed E-state index contributed by atoms with van der Waals surface area (Å²) in [7, 11) is 1.15. The Morgan fingerprint density at radius 3 is 2.67 bits per heavy atom. The predicted octanol–water partition coefficient (Wildman–Crippen LogP) is 3.09. The van der Waals surface area contributed by atoms with Gasteiger partial charge in [-0.25, -0.2) is 14.2 Å². The van der Waals surface area contributed by atoms with Crippen molar-refractivity contribution in [2.24, 2.45) is 0 Å². The van der Waals surface area contributed by atoms with Crippen LogP contribution >= 0.6 is 11.3 Å². The van der Waals surface area contributed by atoms with Crippen LogP contribution in [0.25, 0.3) is 10.6 Å². The SMILES string of the molecule is COC(=O)c1nc(-c2c(F)ccc([N+](=O)[O-])c2F)sc1C. The molecule has 21 heavy (non-hydrogen) atoms. The van der Waals surface area contributed by atoms with Crippen LogP contribution in [0.2, 0.25) is 0 Å². The van der Waals surface area contributed by atoms with Crippen molar-refractivity contribution in [1.29, 1.82) is 0 Å². The molecule has 0 aliphatic heterocycles. The number of benzene rings is 1. The van der Waals surface area contributed by atoms with Crippen LogP contribution in [0.1, 0.15) is 15.4 Å². The maximum atomic E-state index is 14.1. The maximum absolute atomic E-state index is 14.1. The van der Waals surface area contributed by atoms with Crippen molar-refractivity contribution >= 4 is 23.0 Å². The highest BCUT2D eigenvalue weighted by molar-refractivity contribution is 7.15. The van der Waals surface area contributed by atoms with Gasteiger partial charge in [0.25, 0.3) is 0 Å². The summed E-state index contributed by atoms with van der Waals surface area (Å²) in [6, 6.07) is 1.51. The summed E-state index contributed by atoms with van der Waals surface area (Å²) in [6.07, 6.45) is 0. The van der Waals surface area contributed by atoms with Gasteiger partial charge in [0.05, 0.1) is 17.6 Å². The molecular weight excluding hydrogens is 306 g/mol. The molecule has 0 saturated carbocycles. The van der Waals surface area contributed by atoms with E-state index in [0.29, 0.717) is 4.88 Å². The molecular formula is C12H8F2N2O4S. The van der Waals surface area contributed by atoms with Crippen LogP contribution in [0.15, 0.2) is 12.1 Å². The molecule has 0 radical (unpaired) electrons. The molecule has 0 spiro atoms. The molecule has 0 aliphatic rings. The fraction of sp³-hybridized carbons (Fsp3) is 0.167. The molecule has 0 saturated heterocycles. The summed E-state index contributed by atoms with van der Waals surface area (Å²) in [4.78, 5) is 25.4. The Morgan fingerprint density at radius 1 is 1.43 bits per heavy atom. The minimum absolute atomic E-state index is 0.0807. The highest BCUT2D eigenvalue weighted by Gasteiger charge is 2.26. The number of esters is 1. The lowest BCUT2D eigenvalue weighted by atomic mass is 10.2. The quantitative estimate of drug-likeness (QED) is 0.494. The number of aromatic nitrogens is 1. The molecule has 110 valence electrons. The number of carbonyl (C=O) groups is 1. The molecule has 0 N–H and O–H groups in total. The summed E-state index contributed by atoms with van der Waals surface area (Å²) in [5, 5.41) is 10.5.